The number of nitrogens with zero attached hydrogens (tertiary/aromatic N) is 5. The molecule has 0 fully saturated rings. The van der Waals surface area contributed by atoms with Gasteiger partial charge in [0.25, 0.3) is 0 Å². The zero-order chi connectivity index (χ0) is 20.5. The van der Waals surface area contributed by atoms with E-state index in [4.69, 9.17) is 21.3 Å². The molecule has 0 aliphatic carbocycles. The number of ether oxygens (including phenoxy) is 1. The SMILES string of the molecule is CCNC(=NCC(c1cnn(C)c1)N(C)C)N(C)CCOc1cccc(Cl)c1.I. The molecule has 0 saturated heterocycles. The number of halogens is 2. The zero-order valence-corrected chi connectivity index (χ0v) is 20.9. The highest BCUT2D eigenvalue weighted by molar-refractivity contribution is 14.0. The Kier molecular flexibility index (Phi) is 11.4. The van der Waals surface area contributed by atoms with Crippen molar-refractivity contribution in [2.45, 2.75) is 13.0 Å². The molecule has 29 heavy (non-hydrogen) atoms. The molecule has 1 unspecified atom stereocenters. The standard InChI is InChI=1S/C20H31ClN6O.HI/c1-6-22-20(23-14-19(25(2)3)16-13-24-27(5)15-16)26(4)10-11-28-18-9-7-8-17(21)12-18;/h7-9,12-13,15,19H,6,10-11,14H2,1-5H3,(H,22,23);1H. The van der Waals surface area contributed by atoms with Crippen molar-refractivity contribution in [2.75, 3.05) is 47.4 Å². The van der Waals surface area contributed by atoms with Crippen LogP contribution in [-0.4, -0.2) is 72.9 Å². The van der Waals surface area contributed by atoms with Crippen LogP contribution in [0.4, 0.5) is 0 Å². The van der Waals surface area contributed by atoms with E-state index in [2.05, 4.69) is 41.2 Å². The van der Waals surface area contributed by atoms with Crippen molar-refractivity contribution < 1.29 is 4.74 Å². The van der Waals surface area contributed by atoms with Crippen molar-refractivity contribution in [3.05, 3.63) is 47.2 Å². The van der Waals surface area contributed by atoms with E-state index < -0.39 is 0 Å². The van der Waals surface area contributed by atoms with Crippen LogP contribution in [0.1, 0.15) is 18.5 Å². The number of benzene rings is 1. The van der Waals surface area contributed by atoms with Crippen molar-refractivity contribution in [1.82, 2.24) is 24.9 Å². The molecule has 162 valence electrons. The van der Waals surface area contributed by atoms with Crippen LogP contribution in [0.25, 0.3) is 0 Å². The molecule has 1 aromatic heterocycles. The van der Waals surface area contributed by atoms with E-state index in [0.29, 0.717) is 24.7 Å². The van der Waals surface area contributed by atoms with Gasteiger partial charge in [-0.25, -0.2) is 0 Å². The summed E-state index contributed by atoms with van der Waals surface area (Å²) in [6.45, 7) is 4.76. The summed E-state index contributed by atoms with van der Waals surface area (Å²) in [5.41, 5.74) is 1.15. The lowest BCUT2D eigenvalue weighted by atomic mass is 10.1. The van der Waals surface area contributed by atoms with E-state index >= 15 is 0 Å². The lowest BCUT2D eigenvalue weighted by Crippen LogP contribution is -2.41. The smallest absolute Gasteiger partial charge is 0.193 e. The van der Waals surface area contributed by atoms with Crippen molar-refractivity contribution in [2.24, 2.45) is 12.0 Å². The molecule has 1 atom stereocenters. The Morgan fingerprint density at radius 3 is 2.69 bits per heavy atom. The molecule has 0 aliphatic heterocycles. The maximum absolute atomic E-state index is 6.00. The van der Waals surface area contributed by atoms with Gasteiger partial charge in [-0.2, -0.15) is 5.10 Å². The first-order valence-electron chi connectivity index (χ1n) is 9.43. The van der Waals surface area contributed by atoms with Gasteiger partial charge in [-0.3, -0.25) is 9.67 Å². The minimum absolute atomic E-state index is 0. The highest BCUT2D eigenvalue weighted by atomic mass is 127. The molecule has 1 aromatic carbocycles. The summed E-state index contributed by atoms with van der Waals surface area (Å²) in [6.07, 6.45) is 3.94. The Balaban J connectivity index is 0.00000420. The lowest BCUT2D eigenvalue weighted by molar-refractivity contribution is 0.279. The predicted molar refractivity (Wildman–Crippen MR) is 131 cm³/mol. The summed E-state index contributed by atoms with van der Waals surface area (Å²) in [5, 5.41) is 8.31. The molecule has 7 nitrogen and oxygen atoms in total. The van der Waals surface area contributed by atoms with Crippen LogP contribution in [0, 0.1) is 0 Å². The molecule has 0 saturated carbocycles. The highest BCUT2D eigenvalue weighted by Crippen LogP contribution is 2.18. The number of hydrogen-bond acceptors (Lipinski definition) is 4. The van der Waals surface area contributed by atoms with E-state index in [1.54, 1.807) is 0 Å². The molecule has 9 heteroatoms. The molecule has 0 spiro atoms. The minimum Gasteiger partial charge on any atom is -0.492 e. The first-order valence-corrected chi connectivity index (χ1v) is 9.81. The fourth-order valence-corrected chi connectivity index (χ4v) is 2.97. The molecule has 0 bridgehead atoms. The number of aromatic nitrogens is 2. The van der Waals surface area contributed by atoms with Gasteiger partial charge in [0.05, 0.1) is 25.3 Å². The van der Waals surface area contributed by atoms with Crippen LogP contribution in [0.5, 0.6) is 5.75 Å². The third kappa shape index (κ3) is 8.39. The molecule has 1 N–H and O–H groups in total. The molecular weight excluding hydrogens is 503 g/mol. The Morgan fingerprint density at radius 1 is 1.34 bits per heavy atom. The second-order valence-electron chi connectivity index (χ2n) is 6.85. The second-order valence-corrected chi connectivity index (χ2v) is 7.29. The van der Waals surface area contributed by atoms with Gasteiger partial charge in [-0.15, -0.1) is 24.0 Å². The third-order valence-electron chi connectivity index (χ3n) is 4.33. The van der Waals surface area contributed by atoms with E-state index in [1.807, 2.05) is 55.4 Å². The molecule has 2 rings (SSSR count). The van der Waals surface area contributed by atoms with Crippen LogP contribution in [0.15, 0.2) is 41.7 Å². The fourth-order valence-electron chi connectivity index (χ4n) is 2.78. The van der Waals surface area contributed by atoms with Crippen LogP contribution < -0.4 is 10.1 Å². The van der Waals surface area contributed by atoms with Gasteiger partial charge in [0, 0.05) is 37.4 Å². The van der Waals surface area contributed by atoms with Crippen molar-refractivity contribution in [3.63, 3.8) is 0 Å². The predicted octanol–water partition coefficient (Wildman–Crippen LogP) is 3.27. The molecule has 2 aromatic rings. The summed E-state index contributed by atoms with van der Waals surface area (Å²) < 4.78 is 7.61. The Labute approximate surface area is 196 Å². The van der Waals surface area contributed by atoms with Crippen molar-refractivity contribution >= 4 is 41.5 Å². The van der Waals surface area contributed by atoms with Gasteiger partial charge >= 0.3 is 0 Å². The summed E-state index contributed by atoms with van der Waals surface area (Å²) in [6, 6.07) is 7.60. The third-order valence-corrected chi connectivity index (χ3v) is 4.57. The van der Waals surface area contributed by atoms with Crippen molar-refractivity contribution in [3.8, 4) is 5.75 Å². The molecular formula is C20H32ClIN6O. The minimum atomic E-state index is 0. The number of aliphatic imine (C=N–C) groups is 1. The maximum atomic E-state index is 6.00. The van der Waals surface area contributed by atoms with Crippen LogP contribution >= 0.6 is 35.6 Å². The number of likely N-dealkylation sites (N-methyl/N-ethyl adjacent to an activating group) is 2. The topological polar surface area (TPSA) is 57.9 Å². The lowest BCUT2D eigenvalue weighted by Gasteiger charge is -2.25. The number of aryl methyl sites for hydroxylation is 1. The fraction of sp³-hybridized carbons (Fsp3) is 0.500. The largest absolute Gasteiger partial charge is 0.492 e. The first kappa shape index (κ1) is 25.5. The van der Waals surface area contributed by atoms with Crippen LogP contribution in [-0.2, 0) is 7.05 Å². The molecule has 0 radical (unpaired) electrons. The van der Waals surface area contributed by atoms with Gasteiger partial charge < -0.3 is 19.9 Å². The summed E-state index contributed by atoms with van der Waals surface area (Å²) in [5.74, 6) is 1.63. The number of hydrogen-bond donors (Lipinski definition) is 1. The molecule has 1 heterocycles. The number of rotatable bonds is 9. The van der Waals surface area contributed by atoms with Gasteiger partial charge in [-0.1, -0.05) is 17.7 Å². The second kappa shape index (κ2) is 12.9. The van der Waals surface area contributed by atoms with Gasteiger partial charge in [0.1, 0.15) is 12.4 Å². The maximum Gasteiger partial charge on any atom is 0.193 e. The zero-order valence-electron chi connectivity index (χ0n) is 17.8. The quantitative estimate of drug-likeness (QED) is 0.304. The average molecular weight is 535 g/mol. The highest BCUT2D eigenvalue weighted by Gasteiger charge is 2.16. The van der Waals surface area contributed by atoms with Crippen LogP contribution in [0.2, 0.25) is 5.02 Å². The average Bonchev–Trinajstić information content (AvgIpc) is 3.06. The van der Waals surface area contributed by atoms with Gasteiger partial charge in [0.15, 0.2) is 5.96 Å². The molecule has 0 aliphatic rings. The van der Waals surface area contributed by atoms with E-state index in [1.165, 1.54) is 0 Å². The summed E-state index contributed by atoms with van der Waals surface area (Å²) in [4.78, 5) is 9.07. The van der Waals surface area contributed by atoms with E-state index in [-0.39, 0.29) is 30.0 Å². The number of nitrogens with one attached hydrogen (secondary N) is 1. The number of guanidine groups is 1. The van der Waals surface area contributed by atoms with E-state index in [0.717, 1.165) is 23.8 Å². The Hall–Kier alpha value is -1.52. The van der Waals surface area contributed by atoms with E-state index in [9.17, 15) is 0 Å². The monoisotopic (exact) mass is 534 g/mol. The Morgan fingerprint density at radius 2 is 2.10 bits per heavy atom. The Bertz CT molecular complexity index is 767. The molecule has 0 amide bonds. The summed E-state index contributed by atoms with van der Waals surface area (Å²) in [7, 11) is 8.06. The van der Waals surface area contributed by atoms with Gasteiger partial charge in [-0.05, 0) is 39.2 Å². The normalized spacial score (nSPS) is 12.4. The van der Waals surface area contributed by atoms with Gasteiger partial charge in [0.2, 0.25) is 0 Å². The first-order chi connectivity index (χ1) is 13.4. The van der Waals surface area contributed by atoms with Crippen molar-refractivity contribution in [1.29, 1.82) is 0 Å². The van der Waals surface area contributed by atoms with Crippen LogP contribution in [0.3, 0.4) is 0 Å². The summed E-state index contributed by atoms with van der Waals surface area (Å²) >= 11 is 6.00.